The van der Waals surface area contributed by atoms with Crippen LogP contribution in [-0.2, 0) is 0 Å². The Morgan fingerprint density at radius 1 is 1.08 bits per heavy atom. The van der Waals surface area contributed by atoms with Crippen LogP contribution in [0.2, 0.25) is 0 Å². The van der Waals surface area contributed by atoms with Crippen LogP contribution in [-0.4, -0.2) is 40.7 Å². The van der Waals surface area contributed by atoms with E-state index in [2.05, 4.69) is 15.5 Å². The first kappa shape index (κ1) is 9.31. The van der Waals surface area contributed by atoms with Crippen LogP contribution in [0.15, 0.2) is 0 Å². The molecule has 0 aromatic heterocycles. The van der Waals surface area contributed by atoms with Crippen molar-refractivity contribution >= 4 is 34.8 Å². The van der Waals surface area contributed by atoms with Crippen molar-refractivity contribution < 1.29 is 0 Å². The molecule has 0 unspecified atom stereocenters. The molecule has 0 aliphatic carbocycles. The summed E-state index contributed by atoms with van der Waals surface area (Å²) in [5.41, 5.74) is 0. The van der Waals surface area contributed by atoms with Gasteiger partial charge in [-0.15, -0.1) is 0 Å². The molecule has 0 radical (unpaired) electrons. The maximum Gasteiger partial charge on any atom is 0.235 e. The summed E-state index contributed by atoms with van der Waals surface area (Å²) in [6.07, 6.45) is 0. The fourth-order valence-electron chi connectivity index (χ4n) is 1.54. The van der Waals surface area contributed by atoms with E-state index in [0.717, 1.165) is 26.2 Å². The molecule has 12 heavy (non-hydrogen) atoms. The van der Waals surface area contributed by atoms with Gasteiger partial charge in [0.15, 0.2) is 5.79 Å². The third-order valence-corrected chi connectivity index (χ3v) is 3.04. The number of alkyl halides is 3. The highest BCUT2D eigenvalue weighted by Gasteiger charge is 2.57. The molecule has 3 nitrogen and oxygen atoms in total. The van der Waals surface area contributed by atoms with Crippen molar-refractivity contribution in [3.8, 4) is 0 Å². The number of hydrogen-bond donors (Lipinski definition) is 2. The van der Waals surface area contributed by atoms with Crippen molar-refractivity contribution in [2.24, 2.45) is 0 Å². The fourth-order valence-corrected chi connectivity index (χ4v) is 2.30. The molecule has 0 aromatic carbocycles. The van der Waals surface area contributed by atoms with Gasteiger partial charge in [0.1, 0.15) is 0 Å². The van der Waals surface area contributed by atoms with E-state index in [1.54, 1.807) is 0 Å². The molecule has 0 bridgehead atoms. The molecular formula is C6H10Cl3N3. The average Bonchev–Trinajstić information content (AvgIpc) is 2.67. The van der Waals surface area contributed by atoms with Gasteiger partial charge in [-0.1, -0.05) is 34.8 Å². The highest BCUT2D eigenvalue weighted by molar-refractivity contribution is 6.68. The lowest BCUT2D eigenvalue weighted by Gasteiger charge is -2.37. The van der Waals surface area contributed by atoms with Crippen LogP contribution >= 0.6 is 34.8 Å². The van der Waals surface area contributed by atoms with Gasteiger partial charge >= 0.3 is 0 Å². The molecule has 0 atom stereocenters. The molecular weight excluding hydrogens is 220 g/mol. The Morgan fingerprint density at radius 3 is 1.92 bits per heavy atom. The van der Waals surface area contributed by atoms with Gasteiger partial charge in [-0.3, -0.25) is 15.5 Å². The molecule has 0 aromatic rings. The van der Waals surface area contributed by atoms with Gasteiger partial charge in [0, 0.05) is 26.2 Å². The van der Waals surface area contributed by atoms with E-state index in [9.17, 15) is 0 Å². The summed E-state index contributed by atoms with van der Waals surface area (Å²) in [6, 6.07) is 0. The van der Waals surface area contributed by atoms with Gasteiger partial charge in [0.25, 0.3) is 0 Å². The zero-order valence-electron chi connectivity index (χ0n) is 6.41. The lowest BCUT2D eigenvalue weighted by atomic mass is 10.4. The minimum atomic E-state index is -1.32. The fraction of sp³-hybridized carbons (Fsp3) is 1.00. The molecule has 0 amide bonds. The standard InChI is InChI=1S/C6H10Cl3N3/c7-5(8,9)6(12-3-4-12)10-1-2-11-6/h10-11H,1-4H2. The molecule has 0 saturated carbocycles. The van der Waals surface area contributed by atoms with Crippen LogP contribution in [0.4, 0.5) is 0 Å². The Labute approximate surface area is 86.3 Å². The van der Waals surface area contributed by atoms with Crippen molar-refractivity contribution in [2.75, 3.05) is 26.2 Å². The van der Waals surface area contributed by atoms with Gasteiger partial charge in [-0.05, 0) is 0 Å². The van der Waals surface area contributed by atoms with E-state index in [1.165, 1.54) is 0 Å². The van der Waals surface area contributed by atoms with Crippen molar-refractivity contribution in [3.63, 3.8) is 0 Å². The van der Waals surface area contributed by atoms with Gasteiger partial charge in [0.2, 0.25) is 3.79 Å². The number of hydrogen-bond acceptors (Lipinski definition) is 3. The summed E-state index contributed by atoms with van der Waals surface area (Å²) >= 11 is 17.7. The van der Waals surface area contributed by atoms with Crippen LogP contribution in [0.25, 0.3) is 0 Å². The monoisotopic (exact) mass is 229 g/mol. The Balaban J connectivity index is 2.21. The highest BCUT2D eigenvalue weighted by atomic mass is 35.6. The van der Waals surface area contributed by atoms with Crippen molar-refractivity contribution in [1.29, 1.82) is 0 Å². The Kier molecular flexibility index (Phi) is 2.23. The van der Waals surface area contributed by atoms with E-state index in [0.29, 0.717) is 0 Å². The number of nitrogens with zero attached hydrogens (tertiary/aromatic N) is 1. The zero-order valence-corrected chi connectivity index (χ0v) is 8.68. The van der Waals surface area contributed by atoms with Crippen molar-refractivity contribution in [2.45, 2.75) is 9.58 Å². The summed E-state index contributed by atoms with van der Waals surface area (Å²) in [6.45, 7) is 3.64. The van der Waals surface area contributed by atoms with E-state index in [-0.39, 0.29) is 0 Å². The van der Waals surface area contributed by atoms with Crippen LogP contribution < -0.4 is 10.6 Å². The topological polar surface area (TPSA) is 27.1 Å². The number of nitrogens with one attached hydrogen (secondary N) is 2. The normalized spacial score (nSPS) is 29.2. The molecule has 2 fully saturated rings. The molecule has 0 spiro atoms. The predicted molar refractivity (Wildman–Crippen MR) is 50.6 cm³/mol. The maximum atomic E-state index is 5.90. The zero-order chi connectivity index (χ0) is 8.82. The minimum absolute atomic E-state index is 0.627. The smallest absolute Gasteiger partial charge is 0.235 e. The largest absolute Gasteiger partial charge is 0.282 e. The first-order valence-corrected chi connectivity index (χ1v) is 5.01. The molecule has 2 rings (SSSR count). The summed E-state index contributed by atoms with van der Waals surface area (Å²) in [5, 5.41) is 6.38. The second-order valence-corrected chi connectivity index (χ2v) is 5.33. The molecule has 2 aliphatic rings. The molecule has 2 aliphatic heterocycles. The second-order valence-electron chi connectivity index (χ2n) is 3.05. The third kappa shape index (κ3) is 1.33. The molecule has 2 N–H and O–H groups in total. The lowest BCUT2D eigenvalue weighted by Crippen LogP contribution is -2.64. The van der Waals surface area contributed by atoms with Crippen LogP contribution in [0.1, 0.15) is 0 Å². The van der Waals surface area contributed by atoms with Crippen LogP contribution in [0.5, 0.6) is 0 Å². The lowest BCUT2D eigenvalue weighted by molar-refractivity contribution is 0.174. The second kappa shape index (κ2) is 2.87. The highest BCUT2D eigenvalue weighted by Crippen LogP contribution is 2.42. The first-order chi connectivity index (χ1) is 5.56. The molecule has 70 valence electrons. The quantitative estimate of drug-likeness (QED) is 0.508. The van der Waals surface area contributed by atoms with E-state index < -0.39 is 9.58 Å². The van der Waals surface area contributed by atoms with Crippen molar-refractivity contribution in [3.05, 3.63) is 0 Å². The molecule has 2 heterocycles. The first-order valence-electron chi connectivity index (χ1n) is 3.88. The summed E-state index contributed by atoms with van der Waals surface area (Å²) < 4.78 is -1.32. The van der Waals surface area contributed by atoms with Gasteiger partial charge in [-0.25, -0.2) is 0 Å². The van der Waals surface area contributed by atoms with Crippen LogP contribution in [0.3, 0.4) is 0 Å². The summed E-state index contributed by atoms with van der Waals surface area (Å²) in [7, 11) is 0. The Bertz CT molecular complexity index is 181. The van der Waals surface area contributed by atoms with Gasteiger partial charge in [-0.2, -0.15) is 0 Å². The molecule has 2 saturated heterocycles. The summed E-state index contributed by atoms with van der Waals surface area (Å²) in [5.74, 6) is -0.627. The van der Waals surface area contributed by atoms with Crippen LogP contribution in [0, 0.1) is 0 Å². The number of rotatable bonds is 1. The van der Waals surface area contributed by atoms with Crippen molar-refractivity contribution in [1.82, 2.24) is 15.5 Å². The minimum Gasteiger partial charge on any atom is -0.282 e. The SMILES string of the molecule is ClC(Cl)(Cl)C1(N2CC2)NCCN1. The average molecular weight is 231 g/mol. The number of halogens is 3. The maximum absolute atomic E-state index is 5.90. The van der Waals surface area contributed by atoms with E-state index >= 15 is 0 Å². The Morgan fingerprint density at radius 2 is 1.58 bits per heavy atom. The summed E-state index contributed by atoms with van der Waals surface area (Å²) in [4.78, 5) is 2.08. The third-order valence-electron chi connectivity index (χ3n) is 2.22. The Hall–Kier alpha value is 0.750. The van der Waals surface area contributed by atoms with Gasteiger partial charge in [0.05, 0.1) is 0 Å². The van der Waals surface area contributed by atoms with E-state index in [4.69, 9.17) is 34.8 Å². The van der Waals surface area contributed by atoms with Gasteiger partial charge < -0.3 is 0 Å². The molecule has 6 heteroatoms. The van der Waals surface area contributed by atoms with E-state index in [1.807, 2.05) is 0 Å². The predicted octanol–water partition coefficient (Wildman–Crippen LogP) is 0.519.